The van der Waals surface area contributed by atoms with Gasteiger partial charge in [0.05, 0.1) is 18.2 Å². The Kier molecular flexibility index (Phi) is 5.78. The van der Waals surface area contributed by atoms with E-state index in [1.807, 2.05) is 19.9 Å². The molecule has 0 saturated carbocycles. The number of carbonyl (C=O) groups is 2. The monoisotopic (exact) mass is 371 g/mol. The van der Waals surface area contributed by atoms with Crippen molar-refractivity contribution in [1.82, 2.24) is 10.1 Å². The number of nitrogens with zero attached hydrogens (tertiary/aromatic N) is 2. The summed E-state index contributed by atoms with van der Waals surface area (Å²) in [5.41, 5.74) is 1.88. The number of likely N-dealkylation sites (tertiary alicyclic amines) is 1. The maximum atomic E-state index is 12.7. The first kappa shape index (κ1) is 18.9. The number of hydrogen-bond donors (Lipinski definition) is 1. The van der Waals surface area contributed by atoms with Crippen LogP contribution in [0.2, 0.25) is 0 Å². The Hall–Kier alpha value is -2.83. The van der Waals surface area contributed by atoms with Gasteiger partial charge < -0.3 is 19.5 Å². The third-order valence-corrected chi connectivity index (χ3v) is 4.62. The lowest BCUT2D eigenvalue weighted by Gasteiger charge is -2.23. The van der Waals surface area contributed by atoms with Gasteiger partial charge in [0.1, 0.15) is 11.5 Å². The van der Waals surface area contributed by atoms with Crippen LogP contribution in [0.25, 0.3) is 0 Å². The molecule has 2 heterocycles. The van der Waals surface area contributed by atoms with Gasteiger partial charge in [0, 0.05) is 24.2 Å². The summed E-state index contributed by atoms with van der Waals surface area (Å²) in [6.07, 6.45) is 1.78. The highest BCUT2D eigenvalue weighted by atomic mass is 16.5. The maximum Gasteiger partial charge on any atom is 0.338 e. The van der Waals surface area contributed by atoms with Crippen LogP contribution in [0, 0.1) is 0 Å². The first-order valence-electron chi connectivity index (χ1n) is 9.31. The fourth-order valence-electron chi connectivity index (χ4n) is 3.15. The molecule has 1 aliphatic rings. The Morgan fingerprint density at radius 2 is 2.07 bits per heavy atom. The zero-order valence-corrected chi connectivity index (χ0v) is 15.9. The van der Waals surface area contributed by atoms with Crippen LogP contribution in [-0.2, 0) is 4.74 Å². The molecule has 0 bridgehead atoms. The molecular formula is C20H25N3O4. The van der Waals surface area contributed by atoms with Gasteiger partial charge in [0.2, 0.25) is 0 Å². The van der Waals surface area contributed by atoms with Gasteiger partial charge in [-0.2, -0.15) is 0 Å². The van der Waals surface area contributed by atoms with E-state index in [0.717, 1.165) is 24.3 Å². The highest BCUT2D eigenvalue weighted by molar-refractivity contribution is 5.92. The number of esters is 1. The standard InChI is InChI=1S/C20H25N3O4/c1-4-26-19(24)14-7-9-15(10-8-14)21-20(25)23-11-5-6-17(23)16-12-18(13(2)3)27-22-16/h7-10,12-13,17H,4-6,11H2,1-3H3,(H,21,25)/t17-/m1/s1. The minimum Gasteiger partial charge on any atom is -0.462 e. The number of benzene rings is 1. The van der Waals surface area contributed by atoms with E-state index in [9.17, 15) is 9.59 Å². The van der Waals surface area contributed by atoms with Gasteiger partial charge >= 0.3 is 12.0 Å². The molecule has 1 aliphatic heterocycles. The van der Waals surface area contributed by atoms with E-state index in [0.29, 0.717) is 24.4 Å². The quantitative estimate of drug-likeness (QED) is 0.790. The SMILES string of the molecule is CCOC(=O)c1ccc(NC(=O)N2CCC[C@@H]2c2cc(C(C)C)on2)cc1. The molecule has 3 rings (SSSR count). The smallest absolute Gasteiger partial charge is 0.338 e. The minimum absolute atomic E-state index is 0.0833. The Morgan fingerprint density at radius 3 is 2.70 bits per heavy atom. The fraction of sp³-hybridized carbons (Fsp3) is 0.450. The van der Waals surface area contributed by atoms with E-state index >= 15 is 0 Å². The molecule has 0 aliphatic carbocycles. The zero-order valence-electron chi connectivity index (χ0n) is 15.9. The van der Waals surface area contributed by atoms with Crippen molar-refractivity contribution in [3.63, 3.8) is 0 Å². The van der Waals surface area contributed by atoms with Crippen LogP contribution in [0.1, 0.15) is 67.4 Å². The largest absolute Gasteiger partial charge is 0.462 e. The summed E-state index contributed by atoms with van der Waals surface area (Å²) < 4.78 is 10.3. The number of hydrogen-bond acceptors (Lipinski definition) is 5. The highest BCUT2D eigenvalue weighted by Crippen LogP contribution is 2.33. The molecule has 0 spiro atoms. The second-order valence-corrected chi connectivity index (χ2v) is 6.89. The predicted octanol–water partition coefficient (Wildman–Crippen LogP) is 4.34. The molecule has 0 radical (unpaired) electrons. The van der Waals surface area contributed by atoms with Crippen LogP contribution in [0.5, 0.6) is 0 Å². The van der Waals surface area contributed by atoms with Gasteiger partial charge in [-0.15, -0.1) is 0 Å². The Bertz CT molecular complexity index is 798. The van der Waals surface area contributed by atoms with E-state index in [1.54, 1.807) is 36.1 Å². The van der Waals surface area contributed by atoms with Crippen LogP contribution < -0.4 is 5.32 Å². The second-order valence-electron chi connectivity index (χ2n) is 6.89. The highest BCUT2D eigenvalue weighted by Gasteiger charge is 2.32. The van der Waals surface area contributed by atoms with Crippen molar-refractivity contribution in [3.8, 4) is 0 Å². The van der Waals surface area contributed by atoms with Crippen molar-refractivity contribution in [1.29, 1.82) is 0 Å². The normalized spacial score (nSPS) is 16.6. The van der Waals surface area contributed by atoms with Gasteiger partial charge in [-0.25, -0.2) is 9.59 Å². The molecule has 144 valence electrons. The van der Waals surface area contributed by atoms with E-state index in [1.165, 1.54) is 0 Å². The lowest BCUT2D eigenvalue weighted by molar-refractivity contribution is 0.0526. The molecule has 1 saturated heterocycles. The predicted molar refractivity (Wildman–Crippen MR) is 101 cm³/mol. The van der Waals surface area contributed by atoms with Gasteiger partial charge in [-0.1, -0.05) is 19.0 Å². The summed E-state index contributed by atoms with van der Waals surface area (Å²) in [5, 5.41) is 7.05. The van der Waals surface area contributed by atoms with E-state index < -0.39 is 0 Å². The van der Waals surface area contributed by atoms with Gasteiger partial charge in [-0.3, -0.25) is 0 Å². The Labute approximate surface area is 158 Å². The number of urea groups is 1. The molecule has 2 amide bonds. The molecule has 7 nitrogen and oxygen atoms in total. The number of amides is 2. The Morgan fingerprint density at radius 1 is 1.33 bits per heavy atom. The molecule has 1 fully saturated rings. The summed E-state index contributed by atoms with van der Waals surface area (Å²) in [7, 11) is 0. The van der Waals surface area contributed by atoms with Crippen LogP contribution in [-0.4, -0.2) is 35.2 Å². The minimum atomic E-state index is -0.373. The molecule has 27 heavy (non-hydrogen) atoms. The molecular weight excluding hydrogens is 346 g/mol. The number of ether oxygens (including phenoxy) is 1. The van der Waals surface area contributed by atoms with Crippen LogP contribution in [0.4, 0.5) is 10.5 Å². The average Bonchev–Trinajstić information content (AvgIpc) is 3.31. The second kappa shape index (κ2) is 8.24. The zero-order chi connectivity index (χ0) is 19.4. The molecule has 1 N–H and O–H groups in total. The van der Waals surface area contributed by atoms with Gasteiger partial charge in [0.15, 0.2) is 0 Å². The van der Waals surface area contributed by atoms with E-state index in [-0.39, 0.29) is 24.0 Å². The fourth-order valence-corrected chi connectivity index (χ4v) is 3.15. The summed E-state index contributed by atoms with van der Waals surface area (Å²) in [4.78, 5) is 26.2. The van der Waals surface area contributed by atoms with Crippen molar-refractivity contribution in [2.24, 2.45) is 0 Å². The number of aromatic nitrogens is 1. The van der Waals surface area contributed by atoms with Crippen molar-refractivity contribution in [2.75, 3.05) is 18.5 Å². The van der Waals surface area contributed by atoms with E-state index in [4.69, 9.17) is 9.26 Å². The summed E-state index contributed by atoms with van der Waals surface area (Å²) in [6, 6.07) is 8.35. The molecule has 0 unspecified atom stereocenters. The third-order valence-electron chi connectivity index (χ3n) is 4.62. The first-order chi connectivity index (χ1) is 13.0. The van der Waals surface area contributed by atoms with E-state index in [2.05, 4.69) is 10.5 Å². The van der Waals surface area contributed by atoms with Crippen molar-refractivity contribution in [2.45, 2.75) is 45.6 Å². The van der Waals surface area contributed by atoms with Crippen molar-refractivity contribution in [3.05, 3.63) is 47.3 Å². The van der Waals surface area contributed by atoms with Crippen LogP contribution in [0.3, 0.4) is 0 Å². The van der Waals surface area contributed by atoms with Crippen LogP contribution >= 0.6 is 0 Å². The molecule has 7 heteroatoms. The topological polar surface area (TPSA) is 84.7 Å². The summed E-state index contributed by atoms with van der Waals surface area (Å²) in [6.45, 7) is 6.85. The lowest BCUT2D eigenvalue weighted by Crippen LogP contribution is -2.34. The average molecular weight is 371 g/mol. The summed E-state index contributed by atoms with van der Waals surface area (Å²) in [5.74, 6) is 0.710. The Balaban J connectivity index is 1.66. The number of carbonyl (C=O) groups excluding carboxylic acids is 2. The number of nitrogens with one attached hydrogen (secondary N) is 1. The van der Waals surface area contributed by atoms with Gasteiger partial charge in [-0.05, 0) is 44.0 Å². The summed E-state index contributed by atoms with van der Waals surface area (Å²) >= 11 is 0. The van der Waals surface area contributed by atoms with Crippen molar-refractivity contribution < 1.29 is 18.8 Å². The molecule has 1 aromatic carbocycles. The lowest BCUT2D eigenvalue weighted by atomic mass is 10.1. The molecule has 1 atom stereocenters. The van der Waals surface area contributed by atoms with Gasteiger partial charge in [0.25, 0.3) is 0 Å². The first-order valence-corrected chi connectivity index (χ1v) is 9.31. The molecule has 1 aromatic heterocycles. The number of anilines is 1. The maximum absolute atomic E-state index is 12.7. The number of rotatable bonds is 5. The van der Waals surface area contributed by atoms with Crippen LogP contribution in [0.15, 0.2) is 34.9 Å². The third kappa shape index (κ3) is 4.30. The molecule has 2 aromatic rings. The van der Waals surface area contributed by atoms with Crippen molar-refractivity contribution >= 4 is 17.7 Å².